The molecule has 0 atom stereocenters. The van der Waals surface area contributed by atoms with Crippen molar-refractivity contribution in [1.29, 1.82) is 0 Å². The number of hydrogen-bond acceptors (Lipinski definition) is 1. The molecule has 0 aromatic heterocycles. The number of allylic oxidation sites excluding steroid dienone is 1. The van der Waals surface area contributed by atoms with Crippen LogP contribution >= 0.6 is 7.82 Å². The van der Waals surface area contributed by atoms with Gasteiger partial charge in [0.25, 0.3) is 0 Å². The summed E-state index contributed by atoms with van der Waals surface area (Å²) in [5.74, 6) is 0. The maximum atomic E-state index is 8.88. The van der Waals surface area contributed by atoms with Gasteiger partial charge < -0.3 is 14.7 Å². The van der Waals surface area contributed by atoms with Gasteiger partial charge in [0.1, 0.15) is 0 Å². The molecule has 0 aromatic carbocycles. The molecule has 0 aliphatic rings. The van der Waals surface area contributed by atoms with Crippen molar-refractivity contribution >= 4 is 7.82 Å². The van der Waals surface area contributed by atoms with Crippen molar-refractivity contribution in [2.45, 2.75) is 77.6 Å². The van der Waals surface area contributed by atoms with Crippen LogP contribution in [0.5, 0.6) is 0 Å². The van der Waals surface area contributed by atoms with Crippen LogP contribution in [0.1, 0.15) is 77.6 Å². The average Bonchev–Trinajstić information content (AvgIpc) is 2.29. The predicted molar refractivity (Wildman–Crippen MR) is 80.9 cm³/mol. The van der Waals surface area contributed by atoms with Crippen LogP contribution in [0.4, 0.5) is 0 Å². The fourth-order valence-corrected chi connectivity index (χ4v) is 1.78. The Bertz CT molecular complexity index is 217. The van der Waals surface area contributed by atoms with Crippen LogP contribution in [0, 0.1) is 0 Å². The summed E-state index contributed by atoms with van der Waals surface area (Å²) in [4.78, 5) is 21.6. The molecule has 0 fully saturated rings. The summed E-state index contributed by atoms with van der Waals surface area (Å²) in [5.41, 5.74) is 0. The quantitative estimate of drug-likeness (QED) is 0.297. The molecule has 0 aromatic rings. The summed E-state index contributed by atoms with van der Waals surface area (Å²) in [6.07, 6.45) is 17.5. The number of hydrogen-bond donors (Lipinski definition) is 3. The summed E-state index contributed by atoms with van der Waals surface area (Å²) in [6, 6.07) is 0. The zero-order valence-corrected chi connectivity index (χ0v) is 13.2. The highest BCUT2D eigenvalue weighted by Crippen LogP contribution is 2.25. The Morgan fingerprint density at radius 1 is 0.842 bits per heavy atom. The summed E-state index contributed by atoms with van der Waals surface area (Å²) >= 11 is 0. The van der Waals surface area contributed by atoms with Gasteiger partial charge >= 0.3 is 7.82 Å². The Hall–Kier alpha value is -0.150. The molecule has 0 spiro atoms. The topological polar surface area (TPSA) is 77.8 Å². The zero-order chi connectivity index (χ0) is 15.0. The van der Waals surface area contributed by atoms with E-state index in [1.165, 1.54) is 70.6 Å². The molecule has 19 heavy (non-hydrogen) atoms. The smallest absolute Gasteiger partial charge is 0.303 e. The third-order valence-electron chi connectivity index (χ3n) is 2.76. The van der Waals surface area contributed by atoms with Crippen molar-refractivity contribution in [2.75, 3.05) is 0 Å². The van der Waals surface area contributed by atoms with Gasteiger partial charge in [-0.05, 0) is 12.8 Å². The van der Waals surface area contributed by atoms with E-state index >= 15 is 0 Å². The molecular weight excluding hydrogens is 263 g/mol. The summed E-state index contributed by atoms with van der Waals surface area (Å²) in [6.45, 7) is 6.01. The fraction of sp³-hybridized carbons (Fsp3) is 0.857. The van der Waals surface area contributed by atoms with Gasteiger partial charge in [-0.1, -0.05) is 70.8 Å². The molecule has 0 rings (SSSR count). The fourth-order valence-electron chi connectivity index (χ4n) is 1.78. The third-order valence-corrected chi connectivity index (χ3v) is 2.76. The second-order valence-corrected chi connectivity index (χ2v) is 5.80. The van der Waals surface area contributed by atoms with Crippen LogP contribution in [0.25, 0.3) is 0 Å². The zero-order valence-electron chi connectivity index (χ0n) is 12.3. The van der Waals surface area contributed by atoms with Gasteiger partial charge in [0.05, 0.1) is 0 Å². The molecule has 0 aliphatic carbocycles. The molecule has 0 bridgehead atoms. The Labute approximate surface area is 118 Å². The molecule has 0 radical (unpaired) electrons. The molecule has 0 saturated heterocycles. The lowest BCUT2D eigenvalue weighted by Gasteiger charge is -2.00. The average molecular weight is 294 g/mol. The van der Waals surface area contributed by atoms with Gasteiger partial charge in [0.15, 0.2) is 0 Å². The minimum absolute atomic E-state index is 1.20. The molecule has 0 unspecified atom stereocenters. The largest absolute Gasteiger partial charge is 0.466 e. The van der Waals surface area contributed by atoms with Gasteiger partial charge in [-0.3, -0.25) is 0 Å². The lowest BCUT2D eigenvalue weighted by atomic mass is 10.1. The summed E-state index contributed by atoms with van der Waals surface area (Å²) in [7, 11) is -4.64. The van der Waals surface area contributed by atoms with Crippen LogP contribution in [0.15, 0.2) is 12.7 Å². The van der Waals surface area contributed by atoms with Crippen molar-refractivity contribution < 1.29 is 19.2 Å². The lowest BCUT2D eigenvalue weighted by Crippen LogP contribution is -1.81. The first-order chi connectivity index (χ1) is 8.91. The maximum Gasteiger partial charge on any atom is 0.466 e. The van der Waals surface area contributed by atoms with E-state index in [-0.39, 0.29) is 0 Å². The number of phosphoric acid groups is 1. The van der Waals surface area contributed by atoms with Crippen molar-refractivity contribution in [3.8, 4) is 0 Å². The predicted octanol–water partition coefficient (Wildman–Crippen LogP) is 4.55. The Morgan fingerprint density at radius 2 is 1.16 bits per heavy atom. The minimum atomic E-state index is -4.64. The SMILES string of the molecule is C=CCCCCCCCCCCCC.O=P(O)(O)O. The molecule has 0 amide bonds. The van der Waals surface area contributed by atoms with E-state index in [0.717, 1.165) is 0 Å². The van der Waals surface area contributed by atoms with Crippen LogP contribution in [0.3, 0.4) is 0 Å². The Balaban J connectivity index is 0. The van der Waals surface area contributed by atoms with E-state index in [9.17, 15) is 0 Å². The molecule has 0 saturated carbocycles. The minimum Gasteiger partial charge on any atom is -0.303 e. The molecule has 116 valence electrons. The Kier molecular flexibility index (Phi) is 17.7. The van der Waals surface area contributed by atoms with E-state index in [1.807, 2.05) is 6.08 Å². The van der Waals surface area contributed by atoms with Gasteiger partial charge in [-0.15, -0.1) is 6.58 Å². The number of rotatable bonds is 11. The van der Waals surface area contributed by atoms with Crippen LogP contribution in [0.2, 0.25) is 0 Å². The molecule has 5 heteroatoms. The van der Waals surface area contributed by atoms with Crippen molar-refractivity contribution in [1.82, 2.24) is 0 Å². The van der Waals surface area contributed by atoms with Crippen molar-refractivity contribution in [3.63, 3.8) is 0 Å². The van der Waals surface area contributed by atoms with Gasteiger partial charge in [0, 0.05) is 0 Å². The number of unbranched alkanes of at least 4 members (excludes halogenated alkanes) is 10. The van der Waals surface area contributed by atoms with E-state index in [4.69, 9.17) is 19.2 Å². The van der Waals surface area contributed by atoms with E-state index < -0.39 is 7.82 Å². The van der Waals surface area contributed by atoms with Gasteiger partial charge in [-0.25, -0.2) is 4.57 Å². The highest BCUT2D eigenvalue weighted by molar-refractivity contribution is 7.45. The standard InChI is InChI=1S/C14H28.H3O4P/c1-3-5-7-9-11-13-14-12-10-8-6-4-2;1-5(2,3)4/h3H,1,4-14H2,2H3;(H3,1,2,3,4). The summed E-state index contributed by atoms with van der Waals surface area (Å²) in [5, 5.41) is 0. The van der Waals surface area contributed by atoms with Crippen LogP contribution in [-0.2, 0) is 4.57 Å². The van der Waals surface area contributed by atoms with Crippen LogP contribution in [-0.4, -0.2) is 14.7 Å². The molecular formula is C14H31O4P. The first-order valence-electron chi connectivity index (χ1n) is 7.31. The first-order valence-corrected chi connectivity index (χ1v) is 8.87. The van der Waals surface area contributed by atoms with Crippen molar-refractivity contribution in [3.05, 3.63) is 12.7 Å². The second kappa shape index (κ2) is 15.9. The summed E-state index contributed by atoms with van der Waals surface area (Å²) < 4.78 is 8.88. The lowest BCUT2D eigenvalue weighted by molar-refractivity contribution is 0.275. The van der Waals surface area contributed by atoms with Crippen molar-refractivity contribution in [2.24, 2.45) is 0 Å². The van der Waals surface area contributed by atoms with Gasteiger partial charge in [0.2, 0.25) is 0 Å². The molecule has 0 aliphatic heterocycles. The molecule has 3 N–H and O–H groups in total. The third kappa shape index (κ3) is 38.1. The van der Waals surface area contributed by atoms with E-state index in [2.05, 4.69) is 13.5 Å². The van der Waals surface area contributed by atoms with Gasteiger partial charge in [-0.2, -0.15) is 0 Å². The molecule has 0 heterocycles. The monoisotopic (exact) mass is 294 g/mol. The Morgan fingerprint density at radius 3 is 1.47 bits per heavy atom. The van der Waals surface area contributed by atoms with Crippen LogP contribution < -0.4 is 0 Å². The highest BCUT2D eigenvalue weighted by atomic mass is 31.2. The first kappa shape index (κ1) is 21.2. The highest BCUT2D eigenvalue weighted by Gasteiger charge is 2.00. The normalized spacial score (nSPS) is 10.7. The maximum absolute atomic E-state index is 8.88. The van der Waals surface area contributed by atoms with E-state index in [0.29, 0.717) is 0 Å². The second-order valence-electron chi connectivity index (χ2n) is 4.77. The molecule has 4 nitrogen and oxygen atoms in total. The van der Waals surface area contributed by atoms with E-state index in [1.54, 1.807) is 0 Å².